The van der Waals surface area contributed by atoms with Crippen molar-refractivity contribution < 1.29 is 13.9 Å². The van der Waals surface area contributed by atoms with E-state index in [1.165, 1.54) is 12.1 Å². The lowest BCUT2D eigenvalue weighted by atomic mass is 10.0. The van der Waals surface area contributed by atoms with Crippen LogP contribution in [0.25, 0.3) is 0 Å². The second kappa shape index (κ2) is 5.93. The van der Waals surface area contributed by atoms with Gasteiger partial charge in [-0.05, 0) is 18.1 Å². The monoisotopic (exact) mass is 266 g/mol. The van der Waals surface area contributed by atoms with E-state index in [9.17, 15) is 13.9 Å². The summed E-state index contributed by atoms with van der Waals surface area (Å²) in [5.41, 5.74) is 0.201. The first-order chi connectivity index (χ1) is 9.08. The largest absolute Gasteiger partial charge is 0.393 e. The van der Waals surface area contributed by atoms with E-state index < -0.39 is 17.7 Å². The Morgan fingerprint density at radius 1 is 1.37 bits per heavy atom. The quantitative estimate of drug-likeness (QED) is 0.901. The number of rotatable bonds is 5. The van der Waals surface area contributed by atoms with Gasteiger partial charge in [0.15, 0.2) is 11.6 Å². The molecule has 1 unspecified atom stereocenters. The second-order valence-corrected chi connectivity index (χ2v) is 4.56. The SMILES string of the molecule is Cn1ccnc1CCC(O)Cc1cccc(F)c1F. The number of aliphatic hydroxyl groups is 1. The summed E-state index contributed by atoms with van der Waals surface area (Å²) in [7, 11) is 1.88. The van der Waals surface area contributed by atoms with Gasteiger partial charge in [0.05, 0.1) is 6.10 Å². The maximum absolute atomic E-state index is 13.4. The first kappa shape index (κ1) is 13.7. The molecule has 0 radical (unpaired) electrons. The molecule has 1 aromatic heterocycles. The van der Waals surface area contributed by atoms with Crippen molar-refractivity contribution in [3.8, 4) is 0 Å². The molecule has 0 fully saturated rings. The molecule has 0 saturated carbocycles. The van der Waals surface area contributed by atoms with Gasteiger partial charge in [-0.1, -0.05) is 12.1 Å². The Bertz CT molecular complexity index is 554. The molecule has 0 spiro atoms. The summed E-state index contributed by atoms with van der Waals surface area (Å²) in [5, 5.41) is 9.88. The molecule has 0 aliphatic carbocycles. The first-order valence-corrected chi connectivity index (χ1v) is 6.15. The molecule has 3 nitrogen and oxygen atoms in total. The van der Waals surface area contributed by atoms with Gasteiger partial charge in [0, 0.05) is 32.3 Å². The number of hydrogen-bond donors (Lipinski definition) is 1. The van der Waals surface area contributed by atoms with Crippen molar-refractivity contribution in [2.45, 2.75) is 25.4 Å². The zero-order chi connectivity index (χ0) is 13.8. The first-order valence-electron chi connectivity index (χ1n) is 6.15. The summed E-state index contributed by atoms with van der Waals surface area (Å²) >= 11 is 0. The minimum absolute atomic E-state index is 0.105. The summed E-state index contributed by atoms with van der Waals surface area (Å²) in [6.45, 7) is 0. The molecule has 2 rings (SSSR count). The molecule has 1 N–H and O–H groups in total. The van der Waals surface area contributed by atoms with E-state index in [-0.39, 0.29) is 12.0 Å². The van der Waals surface area contributed by atoms with E-state index in [0.717, 1.165) is 11.9 Å². The van der Waals surface area contributed by atoms with E-state index in [4.69, 9.17) is 0 Å². The van der Waals surface area contributed by atoms with Crippen LogP contribution in [0.15, 0.2) is 30.6 Å². The highest BCUT2D eigenvalue weighted by Gasteiger charge is 2.13. The zero-order valence-corrected chi connectivity index (χ0v) is 10.7. The van der Waals surface area contributed by atoms with Crippen LogP contribution in [0, 0.1) is 11.6 Å². The Kier molecular flexibility index (Phi) is 4.27. The minimum atomic E-state index is -0.881. The van der Waals surface area contributed by atoms with Crippen LogP contribution in [0.1, 0.15) is 17.8 Å². The smallest absolute Gasteiger partial charge is 0.162 e. The molecule has 5 heteroatoms. The highest BCUT2D eigenvalue weighted by atomic mass is 19.2. The van der Waals surface area contributed by atoms with E-state index >= 15 is 0 Å². The minimum Gasteiger partial charge on any atom is -0.393 e. The highest BCUT2D eigenvalue weighted by Crippen LogP contribution is 2.15. The molecule has 2 aromatic rings. The fourth-order valence-corrected chi connectivity index (χ4v) is 2.00. The molecule has 0 aliphatic heterocycles. The predicted octanol–water partition coefficient (Wildman–Crippen LogP) is 2.23. The number of aryl methyl sites for hydroxylation is 2. The molecule has 0 amide bonds. The van der Waals surface area contributed by atoms with Crippen LogP contribution in [0.4, 0.5) is 8.78 Å². The third-order valence-corrected chi connectivity index (χ3v) is 3.11. The predicted molar refractivity (Wildman–Crippen MR) is 67.6 cm³/mol. The van der Waals surface area contributed by atoms with Gasteiger partial charge >= 0.3 is 0 Å². The van der Waals surface area contributed by atoms with Crippen LogP contribution in [0.5, 0.6) is 0 Å². The van der Waals surface area contributed by atoms with Crippen LogP contribution in [0.2, 0.25) is 0 Å². The summed E-state index contributed by atoms with van der Waals surface area (Å²) in [6.07, 6.45) is 3.96. The summed E-state index contributed by atoms with van der Waals surface area (Å²) in [4.78, 5) is 4.14. The number of halogens is 2. The van der Waals surface area contributed by atoms with E-state index in [1.54, 1.807) is 6.20 Å². The lowest BCUT2D eigenvalue weighted by Gasteiger charge is -2.11. The Morgan fingerprint density at radius 3 is 2.84 bits per heavy atom. The number of aromatic nitrogens is 2. The average Bonchev–Trinajstić information content (AvgIpc) is 2.78. The molecule has 1 atom stereocenters. The van der Waals surface area contributed by atoms with E-state index in [2.05, 4.69) is 4.98 Å². The fourth-order valence-electron chi connectivity index (χ4n) is 2.00. The summed E-state index contributed by atoms with van der Waals surface area (Å²) in [6, 6.07) is 4.00. The topological polar surface area (TPSA) is 38.0 Å². The number of hydrogen-bond acceptors (Lipinski definition) is 2. The molecule has 1 aromatic carbocycles. The van der Waals surface area contributed by atoms with Crippen molar-refractivity contribution >= 4 is 0 Å². The number of aliphatic hydroxyl groups excluding tert-OH is 1. The molecule has 1 heterocycles. The maximum atomic E-state index is 13.4. The highest BCUT2D eigenvalue weighted by molar-refractivity contribution is 5.19. The van der Waals surface area contributed by atoms with Gasteiger partial charge in [-0.15, -0.1) is 0 Å². The Hall–Kier alpha value is -1.75. The molecular formula is C14H16F2N2O. The number of nitrogens with zero attached hydrogens (tertiary/aromatic N) is 2. The second-order valence-electron chi connectivity index (χ2n) is 4.56. The van der Waals surface area contributed by atoms with Gasteiger partial charge in [-0.3, -0.25) is 0 Å². The summed E-state index contributed by atoms with van der Waals surface area (Å²) < 4.78 is 28.3. The number of imidazole rings is 1. The molecule has 102 valence electrons. The van der Waals surface area contributed by atoms with Crippen molar-refractivity contribution in [2.75, 3.05) is 0 Å². The van der Waals surface area contributed by atoms with E-state index in [0.29, 0.717) is 12.8 Å². The van der Waals surface area contributed by atoms with Crippen molar-refractivity contribution in [1.29, 1.82) is 0 Å². The third-order valence-electron chi connectivity index (χ3n) is 3.11. The van der Waals surface area contributed by atoms with Gasteiger partial charge in [-0.2, -0.15) is 0 Å². The van der Waals surface area contributed by atoms with Crippen molar-refractivity contribution in [3.63, 3.8) is 0 Å². The molecule has 0 bridgehead atoms. The van der Waals surface area contributed by atoms with Crippen molar-refractivity contribution in [3.05, 3.63) is 53.6 Å². The van der Waals surface area contributed by atoms with Gasteiger partial charge in [0.2, 0.25) is 0 Å². The van der Waals surface area contributed by atoms with Crippen LogP contribution >= 0.6 is 0 Å². The average molecular weight is 266 g/mol. The van der Waals surface area contributed by atoms with Gasteiger partial charge in [-0.25, -0.2) is 13.8 Å². The number of benzene rings is 1. The normalized spacial score (nSPS) is 12.6. The van der Waals surface area contributed by atoms with Crippen LogP contribution < -0.4 is 0 Å². The van der Waals surface area contributed by atoms with Gasteiger partial charge in [0.25, 0.3) is 0 Å². The fraction of sp³-hybridized carbons (Fsp3) is 0.357. The zero-order valence-electron chi connectivity index (χ0n) is 10.7. The lowest BCUT2D eigenvalue weighted by molar-refractivity contribution is 0.162. The van der Waals surface area contributed by atoms with Crippen LogP contribution in [0.3, 0.4) is 0 Å². The Balaban J connectivity index is 1.92. The molecule has 19 heavy (non-hydrogen) atoms. The van der Waals surface area contributed by atoms with Crippen LogP contribution in [-0.4, -0.2) is 20.8 Å². The maximum Gasteiger partial charge on any atom is 0.162 e. The standard InChI is InChI=1S/C14H16F2N2O/c1-18-8-7-17-13(18)6-5-11(19)9-10-3-2-4-12(15)14(10)16/h2-4,7-8,11,19H,5-6,9H2,1H3. The Labute approximate surface area is 110 Å². The van der Waals surface area contributed by atoms with Gasteiger partial charge in [0.1, 0.15) is 5.82 Å². The van der Waals surface area contributed by atoms with Gasteiger partial charge < -0.3 is 9.67 Å². The lowest BCUT2D eigenvalue weighted by Crippen LogP contribution is -2.14. The molecule has 0 saturated heterocycles. The third kappa shape index (κ3) is 3.38. The molecule has 0 aliphatic rings. The Morgan fingerprint density at radius 2 is 2.16 bits per heavy atom. The van der Waals surface area contributed by atoms with Crippen LogP contribution in [-0.2, 0) is 19.9 Å². The molecular weight excluding hydrogens is 250 g/mol. The summed E-state index contributed by atoms with van der Waals surface area (Å²) in [5.74, 6) is -0.897. The van der Waals surface area contributed by atoms with Crippen molar-refractivity contribution in [2.24, 2.45) is 7.05 Å². The van der Waals surface area contributed by atoms with Crippen molar-refractivity contribution in [1.82, 2.24) is 9.55 Å². The van der Waals surface area contributed by atoms with E-state index in [1.807, 2.05) is 17.8 Å².